The summed E-state index contributed by atoms with van der Waals surface area (Å²) in [6.45, 7) is 2.30. The van der Waals surface area contributed by atoms with Gasteiger partial charge in [0.05, 0.1) is 15.6 Å². The van der Waals surface area contributed by atoms with Gasteiger partial charge in [-0.15, -0.1) is 12.4 Å². The summed E-state index contributed by atoms with van der Waals surface area (Å²) in [4.78, 5) is 28.7. The molecule has 0 spiro atoms. The second-order valence-corrected chi connectivity index (χ2v) is 6.87. The quantitative estimate of drug-likeness (QED) is 0.814. The molecule has 2 amide bonds. The van der Waals surface area contributed by atoms with Crippen LogP contribution in [0.3, 0.4) is 0 Å². The van der Waals surface area contributed by atoms with Gasteiger partial charge in [0.15, 0.2) is 0 Å². The van der Waals surface area contributed by atoms with E-state index in [2.05, 4.69) is 0 Å². The molecule has 1 fully saturated rings. The van der Waals surface area contributed by atoms with Gasteiger partial charge in [-0.3, -0.25) is 9.59 Å². The third kappa shape index (κ3) is 4.74. The summed E-state index contributed by atoms with van der Waals surface area (Å²) in [6, 6.07) is 12.3. The number of nitrogens with two attached hydrogens (primary N) is 1. The molecular weight excluding hydrogens is 409 g/mol. The fourth-order valence-corrected chi connectivity index (χ4v) is 3.30. The molecule has 0 bridgehead atoms. The summed E-state index contributed by atoms with van der Waals surface area (Å²) >= 11 is 12.1. The third-order valence-corrected chi connectivity index (χ3v) is 5.29. The Labute approximate surface area is 174 Å². The molecule has 2 N–H and O–H groups in total. The number of piperazine rings is 1. The number of nitrogens with zero attached hydrogens (tertiary/aromatic N) is 2. The molecule has 5 nitrogen and oxygen atoms in total. The fraction of sp³-hybridized carbons (Fsp3) is 0.263. The Morgan fingerprint density at radius 1 is 0.889 bits per heavy atom. The number of benzene rings is 2. The predicted molar refractivity (Wildman–Crippen MR) is 110 cm³/mol. The van der Waals surface area contributed by atoms with Gasteiger partial charge < -0.3 is 15.5 Å². The number of hydrogen-bond acceptors (Lipinski definition) is 3. The lowest BCUT2D eigenvalue weighted by Crippen LogP contribution is -2.50. The summed E-state index contributed by atoms with van der Waals surface area (Å²) in [5, 5.41) is 0.616. The van der Waals surface area contributed by atoms with Crippen LogP contribution in [-0.4, -0.2) is 47.8 Å². The van der Waals surface area contributed by atoms with Crippen molar-refractivity contribution in [1.82, 2.24) is 9.80 Å². The maximum atomic E-state index is 12.7. The molecule has 2 aromatic rings. The number of rotatable bonds is 3. The van der Waals surface area contributed by atoms with Crippen molar-refractivity contribution < 1.29 is 9.59 Å². The SMILES string of the molecule is Cl.NCc1ccc(C(=O)N2CCN(C(=O)c3cccc(Cl)c3Cl)CC2)cc1. The van der Waals surface area contributed by atoms with Crippen molar-refractivity contribution in [2.75, 3.05) is 26.2 Å². The summed E-state index contributed by atoms with van der Waals surface area (Å²) < 4.78 is 0. The first-order valence-corrected chi connectivity index (χ1v) is 9.08. The normalized spacial score (nSPS) is 13.9. The van der Waals surface area contributed by atoms with Crippen LogP contribution in [0.25, 0.3) is 0 Å². The van der Waals surface area contributed by atoms with Gasteiger partial charge in [-0.1, -0.05) is 41.4 Å². The van der Waals surface area contributed by atoms with Crippen LogP contribution in [0.2, 0.25) is 10.0 Å². The monoisotopic (exact) mass is 427 g/mol. The highest BCUT2D eigenvalue weighted by molar-refractivity contribution is 6.43. The van der Waals surface area contributed by atoms with E-state index in [4.69, 9.17) is 28.9 Å². The minimum Gasteiger partial charge on any atom is -0.335 e. The lowest BCUT2D eigenvalue weighted by atomic mass is 10.1. The van der Waals surface area contributed by atoms with Crippen molar-refractivity contribution in [3.63, 3.8) is 0 Å². The Balaban J connectivity index is 0.00000261. The Morgan fingerprint density at radius 3 is 2.00 bits per heavy atom. The highest BCUT2D eigenvalue weighted by atomic mass is 35.5. The smallest absolute Gasteiger partial charge is 0.255 e. The molecule has 2 aromatic carbocycles. The van der Waals surface area contributed by atoms with Crippen LogP contribution in [0.4, 0.5) is 0 Å². The molecule has 0 aromatic heterocycles. The topological polar surface area (TPSA) is 66.6 Å². The van der Waals surface area contributed by atoms with Crippen LogP contribution in [-0.2, 0) is 6.54 Å². The molecule has 1 saturated heterocycles. The van der Waals surface area contributed by atoms with Crippen LogP contribution in [0.15, 0.2) is 42.5 Å². The van der Waals surface area contributed by atoms with Gasteiger partial charge in [0.2, 0.25) is 0 Å². The lowest BCUT2D eigenvalue weighted by molar-refractivity contribution is 0.0535. The molecule has 1 heterocycles. The Kier molecular flexibility index (Phi) is 7.50. The van der Waals surface area contributed by atoms with Crippen molar-refractivity contribution in [1.29, 1.82) is 0 Å². The first-order chi connectivity index (χ1) is 12.5. The molecule has 3 rings (SSSR count). The van der Waals surface area contributed by atoms with Gasteiger partial charge in [-0.2, -0.15) is 0 Å². The van der Waals surface area contributed by atoms with Crippen LogP contribution in [0, 0.1) is 0 Å². The van der Waals surface area contributed by atoms with Crippen LogP contribution in [0.5, 0.6) is 0 Å². The molecule has 0 saturated carbocycles. The minimum atomic E-state index is -0.170. The first kappa shape index (κ1) is 21.5. The lowest BCUT2D eigenvalue weighted by Gasteiger charge is -2.35. The number of halogens is 3. The van der Waals surface area contributed by atoms with E-state index in [-0.39, 0.29) is 29.2 Å². The predicted octanol–water partition coefficient (Wildman–Crippen LogP) is 3.47. The van der Waals surface area contributed by atoms with Gasteiger partial charge >= 0.3 is 0 Å². The molecular formula is C19H20Cl3N3O2. The second kappa shape index (κ2) is 9.42. The molecule has 0 radical (unpaired) electrons. The van der Waals surface area contributed by atoms with E-state index in [1.807, 2.05) is 12.1 Å². The zero-order valence-electron chi connectivity index (χ0n) is 14.5. The average molecular weight is 429 g/mol. The Morgan fingerprint density at radius 2 is 1.44 bits per heavy atom. The van der Waals surface area contributed by atoms with Crippen molar-refractivity contribution in [3.05, 3.63) is 69.2 Å². The van der Waals surface area contributed by atoms with Crippen LogP contribution >= 0.6 is 35.6 Å². The highest BCUT2D eigenvalue weighted by Crippen LogP contribution is 2.27. The molecule has 0 atom stereocenters. The van der Waals surface area contributed by atoms with Gasteiger partial charge in [0, 0.05) is 38.3 Å². The number of amides is 2. The zero-order valence-corrected chi connectivity index (χ0v) is 16.9. The van der Waals surface area contributed by atoms with Gasteiger partial charge in [-0.25, -0.2) is 0 Å². The Hall–Kier alpha value is -1.79. The van der Waals surface area contributed by atoms with E-state index in [0.29, 0.717) is 48.9 Å². The Bertz CT molecular complexity index is 819. The maximum Gasteiger partial charge on any atom is 0.255 e. The van der Waals surface area contributed by atoms with E-state index in [1.165, 1.54) is 0 Å². The summed E-state index contributed by atoms with van der Waals surface area (Å²) in [7, 11) is 0. The third-order valence-electron chi connectivity index (χ3n) is 4.47. The standard InChI is InChI=1S/C19H19Cl2N3O2.ClH/c20-16-3-1-2-15(17(16)21)19(26)24-10-8-23(9-11-24)18(25)14-6-4-13(12-22)5-7-14;/h1-7H,8-12,22H2;1H. The van der Waals surface area contributed by atoms with Gasteiger partial charge in [0.1, 0.15) is 0 Å². The summed E-state index contributed by atoms with van der Waals surface area (Å²) in [5.74, 6) is -0.210. The van der Waals surface area contributed by atoms with Crippen molar-refractivity contribution in [2.24, 2.45) is 5.73 Å². The molecule has 0 aliphatic carbocycles. The number of carbonyl (C=O) groups is 2. The summed E-state index contributed by atoms with van der Waals surface area (Å²) in [5.41, 5.74) is 7.57. The molecule has 27 heavy (non-hydrogen) atoms. The van der Waals surface area contributed by atoms with Gasteiger partial charge in [-0.05, 0) is 29.8 Å². The van der Waals surface area contributed by atoms with Crippen molar-refractivity contribution in [3.8, 4) is 0 Å². The molecule has 144 valence electrons. The van der Waals surface area contributed by atoms with Crippen LogP contribution < -0.4 is 5.73 Å². The number of carbonyl (C=O) groups excluding carboxylic acids is 2. The average Bonchev–Trinajstić information content (AvgIpc) is 2.69. The maximum absolute atomic E-state index is 12.7. The number of hydrogen-bond donors (Lipinski definition) is 1. The van der Waals surface area contributed by atoms with Gasteiger partial charge in [0.25, 0.3) is 11.8 Å². The van der Waals surface area contributed by atoms with E-state index in [9.17, 15) is 9.59 Å². The summed E-state index contributed by atoms with van der Waals surface area (Å²) in [6.07, 6.45) is 0. The molecule has 0 unspecified atom stereocenters. The second-order valence-electron chi connectivity index (χ2n) is 6.09. The molecule has 1 aliphatic heterocycles. The zero-order chi connectivity index (χ0) is 18.7. The van der Waals surface area contributed by atoms with Crippen LogP contribution in [0.1, 0.15) is 26.3 Å². The highest BCUT2D eigenvalue weighted by Gasteiger charge is 2.26. The van der Waals surface area contributed by atoms with E-state index >= 15 is 0 Å². The van der Waals surface area contributed by atoms with E-state index in [0.717, 1.165) is 5.56 Å². The van der Waals surface area contributed by atoms with Crippen molar-refractivity contribution in [2.45, 2.75) is 6.54 Å². The largest absolute Gasteiger partial charge is 0.335 e. The fourth-order valence-electron chi connectivity index (χ4n) is 2.92. The minimum absolute atomic E-state index is 0. The van der Waals surface area contributed by atoms with Crippen molar-refractivity contribution >= 4 is 47.4 Å². The first-order valence-electron chi connectivity index (χ1n) is 8.33. The molecule has 1 aliphatic rings. The van der Waals surface area contributed by atoms with E-state index < -0.39 is 0 Å². The van der Waals surface area contributed by atoms with E-state index in [1.54, 1.807) is 40.1 Å². The molecule has 8 heteroatoms.